The number of hydrogen-bond donors (Lipinski definition) is 0. The Hall–Kier alpha value is -3.00. The lowest BCUT2D eigenvalue weighted by Gasteiger charge is -2.35. The Morgan fingerprint density at radius 3 is 2.45 bits per heavy atom. The van der Waals surface area contributed by atoms with Crippen molar-refractivity contribution < 1.29 is 14.3 Å². The first-order chi connectivity index (χ1) is 16.1. The molecule has 0 radical (unpaired) electrons. The van der Waals surface area contributed by atoms with Crippen molar-refractivity contribution in [2.24, 2.45) is 11.8 Å². The molecule has 172 valence electrons. The van der Waals surface area contributed by atoms with Crippen molar-refractivity contribution in [2.75, 3.05) is 25.4 Å². The molecule has 3 unspecified atom stereocenters. The van der Waals surface area contributed by atoms with Crippen molar-refractivity contribution in [3.05, 3.63) is 60.4 Å². The smallest absolute Gasteiger partial charge is 0.233 e. The maximum Gasteiger partial charge on any atom is 0.233 e. The van der Waals surface area contributed by atoms with Crippen LogP contribution in [0.5, 0.6) is 11.5 Å². The number of amides is 1. The number of likely N-dealkylation sites (tertiary alicyclic amines) is 1. The number of nitrogens with zero attached hydrogens (tertiary/aromatic N) is 4. The summed E-state index contributed by atoms with van der Waals surface area (Å²) in [4.78, 5) is 15.0. The molecular formula is C25H28N4O3S. The van der Waals surface area contributed by atoms with Crippen molar-refractivity contribution in [1.29, 1.82) is 0 Å². The fraction of sp³-hybridized carbons (Fsp3) is 0.400. The van der Waals surface area contributed by atoms with E-state index < -0.39 is 6.10 Å². The van der Waals surface area contributed by atoms with Crippen LogP contribution in [0.3, 0.4) is 0 Å². The molecule has 2 aliphatic rings. The summed E-state index contributed by atoms with van der Waals surface area (Å²) < 4.78 is 14.1. The number of hydrogen-bond acceptors (Lipinski definition) is 6. The lowest BCUT2D eigenvalue weighted by Crippen LogP contribution is -2.43. The minimum Gasteiger partial charge on any atom is -0.485 e. The molecule has 0 aliphatic carbocycles. The van der Waals surface area contributed by atoms with Gasteiger partial charge in [0, 0.05) is 18.8 Å². The molecule has 3 aromatic rings. The van der Waals surface area contributed by atoms with Gasteiger partial charge in [-0.05, 0) is 42.5 Å². The van der Waals surface area contributed by atoms with Crippen LogP contribution in [0.1, 0.15) is 32.2 Å². The van der Waals surface area contributed by atoms with E-state index in [1.54, 1.807) is 0 Å². The number of carbonyl (C=O) groups is 1. The van der Waals surface area contributed by atoms with E-state index in [1.165, 1.54) is 18.2 Å². The Morgan fingerprint density at radius 2 is 1.70 bits per heavy atom. The van der Waals surface area contributed by atoms with Gasteiger partial charge in [-0.1, -0.05) is 55.9 Å². The zero-order chi connectivity index (χ0) is 22.8. The van der Waals surface area contributed by atoms with Crippen LogP contribution >= 0.6 is 11.8 Å². The number of fused-ring (bicyclic) bond motifs is 1. The van der Waals surface area contributed by atoms with Gasteiger partial charge >= 0.3 is 0 Å². The van der Waals surface area contributed by atoms with Crippen LogP contribution < -0.4 is 9.47 Å². The van der Waals surface area contributed by atoms with E-state index in [-0.39, 0.29) is 5.91 Å². The molecule has 8 heteroatoms. The molecule has 1 fully saturated rings. The number of benzene rings is 2. The first-order valence-electron chi connectivity index (χ1n) is 11.4. The normalized spacial score (nSPS) is 22.2. The fourth-order valence-electron chi connectivity index (χ4n) is 4.63. The van der Waals surface area contributed by atoms with Crippen molar-refractivity contribution in [2.45, 2.75) is 31.5 Å². The average Bonchev–Trinajstić information content (AvgIpc) is 3.26. The van der Waals surface area contributed by atoms with Gasteiger partial charge in [0.25, 0.3) is 0 Å². The lowest BCUT2D eigenvalue weighted by molar-refractivity contribution is -0.130. The van der Waals surface area contributed by atoms with E-state index in [0.717, 1.165) is 24.5 Å². The van der Waals surface area contributed by atoms with Crippen LogP contribution in [0.2, 0.25) is 0 Å². The molecule has 1 aromatic heterocycles. The summed E-state index contributed by atoms with van der Waals surface area (Å²) in [6.45, 7) is 6.42. The molecule has 2 aromatic carbocycles. The quantitative estimate of drug-likeness (QED) is 0.522. The molecule has 33 heavy (non-hydrogen) atoms. The van der Waals surface area contributed by atoms with Crippen molar-refractivity contribution in [1.82, 2.24) is 19.7 Å². The summed E-state index contributed by atoms with van der Waals surface area (Å²) in [6, 6.07) is 17.5. The predicted octanol–water partition coefficient (Wildman–Crippen LogP) is 4.38. The van der Waals surface area contributed by atoms with E-state index in [9.17, 15) is 4.79 Å². The summed E-state index contributed by atoms with van der Waals surface area (Å²) in [7, 11) is 0. The Bertz CT molecular complexity index is 1110. The Morgan fingerprint density at radius 1 is 1.00 bits per heavy atom. The number of aromatic nitrogens is 3. The second kappa shape index (κ2) is 9.47. The highest BCUT2D eigenvalue weighted by atomic mass is 32.2. The van der Waals surface area contributed by atoms with E-state index in [4.69, 9.17) is 9.47 Å². The monoisotopic (exact) mass is 464 g/mol. The van der Waals surface area contributed by atoms with Crippen LogP contribution in [0.25, 0.3) is 5.69 Å². The van der Waals surface area contributed by atoms with Gasteiger partial charge in [0.15, 0.2) is 28.6 Å². The number of thioether (sulfide) groups is 1. The number of para-hydroxylation sites is 3. The second-order valence-electron chi connectivity index (χ2n) is 8.91. The second-order valence-corrected chi connectivity index (χ2v) is 9.85. The molecule has 3 heterocycles. The van der Waals surface area contributed by atoms with Gasteiger partial charge in [-0.15, -0.1) is 10.2 Å². The molecule has 2 aliphatic heterocycles. The highest BCUT2D eigenvalue weighted by molar-refractivity contribution is 7.99. The molecule has 0 bridgehead atoms. The summed E-state index contributed by atoms with van der Waals surface area (Å²) in [6.07, 6.45) is 0.774. The predicted molar refractivity (Wildman–Crippen MR) is 127 cm³/mol. The minimum absolute atomic E-state index is 0.147. The Balaban J connectivity index is 1.38. The number of carbonyl (C=O) groups excluding carboxylic acids is 1. The molecular weight excluding hydrogens is 436 g/mol. The largest absolute Gasteiger partial charge is 0.485 e. The van der Waals surface area contributed by atoms with E-state index in [2.05, 4.69) is 24.0 Å². The minimum atomic E-state index is -0.401. The third-order valence-electron chi connectivity index (χ3n) is 6.02. The van der Waals surface area contributed by atoms with Crippen molar-refractivity contribution >= 4 is 17.7 Å². The fourth-order valence-corrected chi connectivity index (χ4v) is 5.50. The summed E-state index contributed by atoms with van der Waals surface area (Å²) in [5, 5.41) is 9.58. The first kappa shape index (κ1) is 21.8. The van der Waals surface area contributed by atoms with Crippen LogP contribution in [-0.4, -0.2) is 51.0 Å². The summed E-state index contributed by atoms with van der Waals surface area (Å²) in [5.74, 6) is 3.62. The van der Waals surface area contributed by atoms with Gasteiger partial charge in [0.05, 0.1) is 5.75 Å². The highest BCUT2D eigenvalue weighted by Crippen LogP contribution is 2.37. The first-order valence-corrected chi connectivity index (χ1v) is 12.4. The number of rotatable bonds is 5. The molecule has 1 saturated heterocycles. The van der Waals surface area contributed by atoms with Gasteiger partial charge < -0.3 is 14.4 Å². The molecule has 3 atom stereocenters. The van der Waals surface area contributed by atoms with Crippen LogP contribution in [0.4, 0.5) is 0 Å². The highest BCUT2D eigenvalue weighted by Gasteiger charge is 2.30. The van der Waals surface area contributed by atoms with Gasteiger partial charge in [0.1, 0.15) is 6.61 Å². The van der Waals surface area contributed by atoms with Gasteiger partial charge in [-0.25, -0.2) is 0 Å². The summed E-state index contributed by atoms with van der Waals surface area (Å²) in [5.41, 5.74) is 0.926. The zero-order valence-electron chi connectivity index (χ0n) is 18.9. The van der Waals surface area contributed by atoms with E-state index >= 15 is 0 Å². The lowest BCUT2D eigenvalue weighted by atomic mass is 9.92. The van der Waals surface area contributed by atoms with Crippen LogP contribution in [0.15, 0.2) is 59.8 Å². The third-order valence-corrected chi connectivity index (χ3v) is 6.93. The van der Waals surface area contributed by atoms with E-state index in [1.807, 2.05) is 64.1 Å². The maximum atomic E-state index is 13.0. The maximum absolute atomic E-state index is 13.0. The molecule has 7 nitrogen and oxygen atoms in total. The SMILES string of the molecule is CC1CC(C)CN(C(=O)CSc2nnc(C3COc4ccccc4O3)n2-c2ccccc2)C1. The van der Waals surface area contributed by atoms with Crippen LogP contribution in [-0.2, 0) is 4.79 Å². The Kier molecular flexibility index (Phi) is 6.26. The number of piperidine rings is 1. The molecule has 5 rings (SSSR count). The standard InChI is InChI=1S/C25H28N4O3S/c1-17-12-18(2)14-28(13-17)23(30)16-33-25-27-26-24(29(25)19-8-4-3-5-9-19)22-15-31-20-10-6-7-11-21(20)32-22/h3-11,17-18,22H,12-16H2,1-2H3. The van der Waals surface area contributed by atoms with Gasteiger partial charge in [-0.2, -0.15) is 0 Å². The average molecular weight is 465 g/mol. The third kappa shape index (κ3) is 4.71. The van der Waals surface area contributed by atoms with Crippen LogP contribution in [0, 0.1) is 11.8 Å². The molecule has 0 N–H and O–H groups in total. The molecule has 0 saturated carbocycles. The number of ether oxygens (including phenoxy) is 2. The summed E-state index contributed by atoms with van der Waals surface area (Å²) >= 11 is 1.42. The van der Waals surface area contributed by atoms with Crippen molar-refractivity contribution in [3.8, 4) is 17.2 Å². The van der Waals surface area contributed by atoms with Crippen molar-refractivity contribution in [3.63, 3.8) is 0 Å². The van der Waals surface area contributed by atoms with Gasteiger partial charge in [-0.3, -0.25) is 9.36 Å². The topological polar surface area (TPSA) is 69.5 Å². The Labute approximate surface area is 198 Å². The molecule has 0 spiro atoms. The molecule has 1 amide bonds. The van der Waals surface area contributed by atoms with E-state index in [0.29, 0.717) is 40.9 Å². The zero-order valence-corrected chi connectivity index (χ0v) is 19.7. The van der Waals surface area contributed by atoms with Gasteiger partial charge in [0.2, 0.25) is 5.91 Å².